The summed E-state index contributed by atoms with van der Waals surface area (Å²) in [6, 6.07) is 8.80. The number of anilines is 1. The Morgan fingerprint density at radius 1 is 1.18 bits per heavy atom. The number of amides is 2. The maximum Gasteiger partial charge on any atom is 0.331 e. The Morgan fingerprint density at radius 2 is 2.06 bits per heavy atom. The number of fused-ring (bicyclic) bond motifs is 2. The summed E-state index contributed by atoms with van der Waals surface area (Å²) in [6.45, 7) is 2.62. The van der Waals surface area contributed by atoms with Crippen molar-refractivity contribution in [3.8, 4) is 11.6 Å². The van der Waals surface area contributed by atoms with Crippen molar-refractivity contribution in [2.45, 2.75) is 38.6 Å². The molecule has 4 heterocycles. The third-order valence-electron chi connectivity index (χ3n) is 6.25. The van der Waals surface area contributed by atoms with Crippen LogP contribution in [0.5, 0.6) is 11.6 Å². The second-order valence-corrected chi connectivity index (χ2v) is 8.62. The molecule has 0 bridgehead atoms. The van der Waals surface area contributed by atoms with Crippen LogP contribution in [0.15, 0.2) is 47.4 Å². The quantitative estimate of drug-likeness (QED) is 0.490. The van der Waals surface area contributed by atoms with Crippen LogP contribution in [0.25, 0.3) is 10.9 Å². The van der Waals surface area contributed by atoms with Crippen LogP contribution in [0.3, 0.4) is 0 Å². The van der Waals surface area contributed by atoms with Gasteiger partial charge in [0.15, 0.2) is 5.82 Å². The van der Waals surface area contributed by atoms with Gasteiger partial charge in [-0.2, -0.15) is 0 Å². The maximum atomic E-state index is 12.8. The average Bonchev–Trinajstić information content (AvgIpc) is 3.43. The Labute approximate surface area is 194 Å². The van der Waals surface area contributed by atoms with Gasteiger partial charge in [0.25, 0.3) is 0 Å². The highest BCUT2D eigenvalue weighted by molar-refractivity contribution is 5.98. The monoisotopic (exact) mass is 458 g/mol. The van der Waals surface area contributed by atoms with Gasteiger partial charge >= 0.3 is 6.03 Å². The summed E-state index contributed by atoms with van der Waals surface area (Å²) in [7, 11) is 0. The lowest BCUT2D eigenvalue weighted by Gasteiger charge is -2.27. The Bertz CT molecular complexity index is 1420. The van der Waals surface area contributed by atoms with E-state index >= 15 is 0 Å². The van der Waals surface area contributed by atoms with E-state index in [0.29, 0.717) is 42.9 Å². The normalized spacial score (nSPS) is 15.3. The second kappa shape index (κ2) is 7.98. The Hall–Kier alpha value is -4.21. The summed E-state index contributed by atoms with van der Waals surface area (Å²) in [6.07, 6.45) is 5.99. The minimum Gasteiger partial charge on any atom is -0.439 e. The molecular weight excluding hydrogens is 436 g/mol. The zero-order valence-corrected chi connectivity index (χ0v) is 18.5. The Morgan fingerprint density at radius 3 is 2.88 bits per heavy atom. The van der Waals surface area contributed by atoms with Crippen LogP contribution in [-0.2, 0) is 17.8 Å². The third kappa shape index (κ3) is 3.76. The number of benzene rings is 1. The molecule has 4 aromatic rings. The first kappa shape index (κ1) is 20.4. The molecule has 172 valence electrons. The molecule has 2 amide bonds. The maximum absolute atomic E-state index is 12.8. The van der Waals surface area contributed by atoms with Crippen molar-refractivity contribution in [2.24, 2.45) is 0 Å². The molecule has 0 radical (unpaired) electrons. The summed E-state index contributed by atoms with van der Waals surface area (Å²) in [5, 5.41) is 7.57. The molecule has 1 aliphatic heterocycles. The van der Waals surface area contributed by atoms with E-state index in [0.717, 1.165) is 40.8 Å². The average molecular weight is 458 g/mol. The highest BCUT2D eigenvalue weighted by atomic mass is 16.5. The Balaban J connectivity index is 1.20. The summed E-state index contributed by atoms with van der Waals surface area (Å²) in [4.78, 5) is 34.9. The first-order valence-electron chi connectivity index (χ1n) is 11.2. The van der Waals surface area contributed by atoms with E-state index in [2.05, 4.69) is 20.4 Å². The van der Waals surface area contributed by atoms with Gasteiger partial charge in [0.2, 0.25) is 11.8 Å². The van der Waals surface area contributed by atoms with Crippen LogP contribution in [0, 0.1) is 0 Å². The lowest BCUT2D eigenvalue weighted by atomic mass is 10.1. The standard InChI is InChI=1S/C24H22N6O4/c1-14(31)29-8-7-18-19(12-29)25-13-26-23(18)33-17-4-5-20-16(10-17)6-9-30(20)24(32)27-22-11-21(34-28-22)15-2-3-15/h4-6,9-11,13,15H,2-3,7-8,12H2,1H3,(H,27,28,32). The highest BCUT2D eigenvalue weighted by Crippen LogP contribution is 2.40. The molecule has 3 aromatic heterocycles. The summed E-state index contributed by atoms with van der Waals surface area (Å²) in [5.74, 6) is 2.77. The first-order chi connectivity index (χ1) is 16.5. The van der Waals surface area contributed by atoms with Crippen LogP contribution in [-0.4, -0.2) is 43.1 Å². The molecule has 1 saturated carbocycles. The number of rotatable bonds is 4. The van der Waals surface area contributed by atoms with E-state index in [1.54, 1.807) is 30.2 Å². The van der Waals surface area contributed by atoms with Crippen molar-refractivity contribution in [1.82, 2.24) is 24.6 Å². The highest BCUT2D eigenvalue weighted by Gasteiger charge is 2.28. The molecule has 0 unspecified atom stereocenters. The lowest BCUT2D eigenvalue weighted by Crippen LogP contribution is -2.35. The van der Waals surface area contributed by atoms with Crippen molar-refractivity contribution >= 4 is 28.7 Å². The molecule has 2 aliphatic rings. The second-order valence-electron chi connectivity index (χ2n) is 8.62. The van der Waals surface area contributed by atoms with Crippen LogP contribution >= 0.6 is 0 Å². The van der Waals surface area contributed by atoms with Crippen molar-refractivity contribution in [2.75, 3.05) is 11.9 Å². The zero-order valence-electron chi connectivity index (χ0n) is 18.5. The molecule has 1 aliphatic carbocycles. The third-order valence-corrected chi connectivity index (χ3v) is 6.25. The van der Waals surface area contributed by atoms with Crippen LogP contribution in [0.4, 0.5) is 10.6 Å². The van der Waals surface area contributed by atoms with Gasteiger partial charge < -0.3 is 14.2 Å². The van der Waals surface area contributed by atoms with Crippen LogP contribution < -0.4 is 10.1 Å². The minimum absolute atomic E-state index is 0.0256. The molecule has 1 N–H and O–H groups in total. The Kier molecular flexibility index (Phi) is 4.79. The van der Waals surface area contributed by atoms with Gasteiger partial charge in [0, 0.05) is 42.6 Å². The fraction of sp³-hybridized carbons (Fsp3) is 0.292. The molecular formula is C24H22N6O4. The van der Waals surface area contributed by atoms with Gasteiger partial charge in [-0.3, -0.25) is 14.7 Å². The largest absolute Gasteiger partial charge is 0.439 e. The predicted molar refractivity (Wildman–Crippen MR) is 122 cm³/mol. The van der Waals surface area contributed by atoms with E-state index in [4.69, 9.17) is 9.26 Å². The van der Waals surface area contributed by atoms with Gasteiger partial charge in [-0.05, 0) is 43.5 Å². The SMILES string of the molecule is CC(=O)N1CCc2c(ncnc2Oc2ccc3c(ccn3C(=O)Nc3cc(C4CC4)on3)c2)C1. The zero-order chi connectivity index (χ0) is 23.2. The van der Waals surface area contributed by atoms with E-state index in [1.165, 1.54) is 10.9 Å². The van der Waals surface area contributed by atoms with Gasteiger partial charge in [0.1, 0.15) is 17.8 Å². The number of carbonyl (C=O) groups excluding carboxylic acids is 2. The molecule has 34 heavy (non-hydrogen) atoms. The number of carbonyl (C=O) groups is 2. The molecule has 1 aromatic carbocycles. The summed E-state index contributed by atoms with van der Waals surface area (Å²) in [5.41, 5.74) is 2.45. The fourth-order valence-corrected chi connectivity index (χ4v) is 4.23. The number of nitrogens with zero attached hydrogens (tertiary/aromatic N) is 5. The summed E-state index contributed by atoms with van der Waals surface area (Å²) >= 11 is 0. The minimum atomic E-state index is -0.320. The van der Waals surface area contributed by atoms with Gasteiger partial charge in [-0.25, -0.2) is 14.8 Å². The van der Waals surface area contributed by atoms with E-state index < -0.39 is 0 Å². The van der Waals surface area contributed by atoms with E-state index in [-0.39, 0.29) is 11.9 Å². The molecule has 0 saturated heterocycles. The van der Waals surface area contributed by atoms with Crippen molar-refractivity contribution in [1.29, 1.82) is 0 Å². The lowest BCUT2D eigenvalue weighted by molar-refractivity contribution is -0.129. The molecule has 10 nitrogen and oxygen atoms in total. The molecule has 1 fully saturated rings. The van der Waals surface area contributed by atoms with Gasteiger partial charge in [-0.1, -0.05) is 5.16 Å². The van der Waals surface area contributed by atoms with E-state index in [1.807, 2.05) is 18.2 Å². The van der Waals surface area contributed by atoms with Crippen molar-refractivity contribution < 1.29 is 18.8 Å². The number of nitrogens with one attached hydrogen (secondary N) is 1. The van der Waals surface area contributed by atoms with Gasteiger partial charge in [-0.15, -0.1) is 0 Å². The number of aromatic nitrogens is 4. The molecule has 0 atom stereocenters. The summed E-state index contributed by atoms with van der Waals surface area (Å²) < 4.78 is 12.9. The molecule has 10 heteroatoms. The smallest absolute Gasteiger partial charge is 0.331 e. The molecule has 6 rings (SSSR count). The topological polar surface area (TPSA) is 115 Å². The predicted octanol–water partition coefficient (Wildman–Crippen LogP) is 4.07. The van der Waals surface area contributed by atoms with Gasteiger partial charge in [0.05, 0.1) is 17.8 Å². The fourth-order valence-electron chi connectivity index (χ4n) is 4.23. The van der Waals surface area contributed by atoms with E-state index in [9.17, 15) is 9.59 Å². The number of hydrogen-bond donors (Lipinski definition) is 1. The van der Waals surface area contributed by atoms with Crippen molar-refractivity contribution in [3.05, 3.63) is 59.9 Å². The van der Waals surface area contributed by atoms with Crippen LogP contribution in [0.2, 0.25) is 0 Å². The van der Waals surface area contributed by atoms with Crippen LogP contribution in [0.1, 0.15) is 42.7 Å². The van der Waals surface area contributed by atoms with Crippen molar-refractivity contribution in [3.63, 3.8) is 0 Å². The molecule has 0 spiro atoms. The first-order valence-corrected chi connectivity index (χ1v) is 11.2. The number of ether oxygens (including phenoxy) is 1. The number of hydrogen-bond acceptors (Lipinski definition) is 7.